The molecule has 29 heavy (non-hydrogen) atoms. The molecule has 0 radical (unpaired) electrons. The minimum absolute atomic E-state index is 0.0665. The smallest absolute Gasteiger partial charge is 0.251 e. The molecule has 0 spiro atoms. The van der Waals surface area contributed by atoms with Crippen molar-refractivity contribution in [1.82, 2.24) is 15.2 Å². The zero-order chi connectivity index (χ0) is 20.2. The van der Waals surface area contributed by atoms with Crippen LogP contribution in [0.2, 0.25) is 0 Å². The molecule has 4 rings (SSSR count). The van der Waals surface area contributed by atoms with Crippen LogP contribution in [0, 0.1) is 0 Å². The number of morpholine rings is 1. The summed E-state index contributed by atoms with van der Waals surface area (Å²) in [6.45, 7) is 1.41. The number of carbonyl (C=O) groups is 2. The Morgan fingerprint density at radius 2 is 1.90 bits per heavy atom. The van der Waals surface area contributed by atoms with E-state index in [-0.39, 0.29) is 17.9 Å². The molecule has 1 atom stereocenters. The van der Waals surface area contributed by atoms with Crippen LogP contribution in [0.1, 0.15) is 27.7 Å². The first kappa shape index (κ1) is 19.1. The summed E-state index contributed by atoms with van der Waals surface area (Å²) in [5.41, 5.74) is 2.95. The Balaban J connectivity index is 1.58. The number of hydrogen-bond donors (Lipinski definition) is 1. The van der Waals surface area contributed by atoms with Gasteiger partial charge in [-0.3, -0.25) is 9.59 Å². The van der Waals surface area contributed by atoms with E-state index >= 15 is 0 Å². The molecule has 0 aliphatic carbocycles. The third kappa shape index (κ3) is 4.12. The number of pyridine rings is 1. The van der Waals surface area contributed by atoms with Gasteiger partial charge in [0.1, 0.15) is 6.10 Å². The second kappa shape index (κ2) is 8.41. The third-order valence-corrected chi connectivity index (χ3v) is 5.15. The standard InChI is InChI=1S/C23H23N3O3/c1-24-23(28)18-14-20(25-19-10-6-5-9-17(18)19)21-15-26(11-12-29-21)22(27)13-16-7-3-2-4-8-16/h2-10,14,21H,11-13,15H2,1H3,(H,24,28)/t21-/m0/s1. The van der Waals surface area contributed by atoms with E-state index in [1.165, 1.54) is 0 Å². The van der Waals surface area contributed by atoms with Crippen LogP contribution in [-0.2, 0) is 16.0 Å². The van der Waals surface area contributed by atoms with Gasteiger partial charge < -0.3 is 15.0 Å². The Morgan fingerprint density at radius 3 is 2.69 bits per heavy atom. The van der Waals surface area contributed by atoms with E-state index in [1.807, 2.05) is 59.5 Å². The summed E-state index contributed by atoms with van der Waals surface area (Å²) in [6, 6.07) is 19.0. The minimum Gasteiger partial charge on any atom is -0.368 e. The van der Waals surface area contributed by atoms with E-state index < -0.39 is 0 Å². The fourth-order valence-electron chi connectivity index (χ4n) is 3.62. The molecule has 148 valence electrons. The summed E-state index contributed by atoms with van der Waals surface area (Å²) in [5, 5.41) is 3.48. The lowest BCUT2D eigenvalue weighted by Gasteiger charge is -2.33. The van der Waals surface area contributed by atoms with Gasteiger partial charge in [-0.25, -0.2) is 4.98 Å². The van der Waals surface area contributed by atoms with Crippen molar-refractivity contribution in [3.05, 3.63) is 77.5 Å². The number of carbonyl (C=O) groups excluding carboxylic acids is 2. The van der Waals surface area contributed by atoms with Crippen LogP contribution in [0.5, 0.6) is 0 Å². The Hall–Kier alpha value is -3.25. The predicted octanol–water partition coefficient (Wildman–Crippen LogP) is 2.74. The van der Waals surface area contributed by atoms with Gasteiger partial charge in [-0.05, 0) is 17.7 Å². The second-order valence-electron chi connectivity index (χ2n) is 7.05. The summed E-state index contributed by atoms with van der Waals surface area (Å²) in [6.07, 6.45) is -0.00107. The highest BCUT2D eigenvalue weighted by atomic mass is 16.5. The average Bonchev–Trinajstić information content (AvgIpc) is 2.78. The number of rotatable bonds is 4. The van der Waals surface area contributed by atoms with E-state index in [9.17, 15) is 9.59 Å². The van der Waals surface area contributed by atoms with Gasteiger partial charge in [0.25, 0.3) is 5.91 Å². The Morgan fingerprint density at radius 1 is 1.14 bits per heavy atom. The molecular weight excluding hydrogens is 366 g/mol. The van der Waals surface area contributed by atoms with Crippen molar-refractivity contribution >= 4 is 22.7 Å². The first-order valence-electron chi connectivity index (χ1n) is 9.71. The largest absolute Gasteiger partial charge is 0.368 e. The van der Waals surface area contributed by atoms with Gasteiger partial charge in [-0.15, -0.1) is 0 Å². The van der Waals surface area contributed by atoms with Crippen molar-refractivity contribution in [3.63, 3.8) is 0 Å². The van der Waals surface area contributed by atoms with E-state index in [0.29, 0.717) is 37.4 Å². The highest BCUT2D eigenvalue weighted by molar-refractivity contribution is 6.06. The molecule has 1 aromatic heterocycles. The number of hydrogen-bond acceptors (Lipinski definition) is 4. The molecule has 3 aromatic rings. The van der Waals surface area contributed by atoms with Gasteiger partial charge in [-0.2, -0.15) is 0 Å². The average molecular weight is 389 g/mol. The molecule has 0 bridgehead atoms. The van der Waals surface area contributed by atoms with Gasteiger partial charge in [0.15, 0.2) is 0 Å². The van der Waals surface area contributed by atoms with Crippen LogP contribution < -0.4 is 5.32 Å². The maximum absolute atomic E-state index is 12.8. The maximum Gasteiger partial charge on any atom is 0.251 e. The lowest BCUT2D eigenvalue weighted by molar-refractivity contribution is -0.138. The third-order valence-electron chi connectivity index (χ3n) is 5.15. The number of benzene rings is 2. The van der Waals surface area contributed by atoms with Gasteiger partial charge in [0.2, 0.25) is 5.91 Å². The first-order chi connectivity index (χ1) is 14.2. The summed E-state index contributed by atoms with van der Waals surface area (Å²) in [5.74, 6) is -0.102. The monoisotopic (exact) mass is 389 g/mol. The molecule has 2 aromatic carbocycles. The summed E-state index contributed by atoms with van der Waals surface area (Å²) >= 11 is 0. The zero-order valence-corrected chi connectivity index (χ0v) is 16.3. The molecule has 2 amide bonds. The number of amides is 2. The summed E-state index contributed by atoms with van der Waals surface area (Å²) in [7, 11) is 1.61. The molecule has 6 nitrogen and oxygen atoms in total. The molecular formula is C23H23N3O3. The van der Waals surface area contributed by atoms with Gasteiger partial charge in [-0.1, -0.05) is 48.5 Å². The van der Waals surface area contributed by atoms with Crippen molar-refractivity contribution in [3.8, 4) is 0 Å². The number of nitrogens with one attached hydrogen (secondary N) is 1. The first-order valence-corrected chi connectivity index (χ1v) is 9.71. The Labute approximate surface area is 169 Å². The van der Waals surface area contributed by atoms with Crippen LogP contribution in [0.4, 0.5) is 0 Å². The summed E-state index contributed by atoms with van der Waals surface area (Å²) < 4.78 is 5.92. The maximum atomic E-state index is 12.8. The van der Waals surface area contributed by atoms with E-state index in [4.69, 9.17) is 9.72 Å². The van der Waals surface area contributed by atoms with E-state index in [1.54, 1.807) is 13.1 Å². The van der Waals surface area contributed by atoms with Gasteiger partial charge >= 0.3 is 0 Å². The fraction of sp³-hybridized carbons (Fsp3) is 0.261. The predicted molar refractivity (Wildman–Crippen MR) is 111 cm³/mol. The van der Waals surface area contributed by atoms with Crippen LogP contribution in [0.3, 0.4) is 0 Å². The molecule has 1 fully saturated rings. The van der Waals surface area contributed by atoms with Crippen LogP contribution >= 0.6 is 0 Å². The van der Waals surface area contributed by atoms with Crippen LogP contribution in [0.15, 0.2) is 60.7 Å². The van der Waals surface area contributed by atoms with E-state index in [2.05, 4.69) is 5.32 Å². The number of para-hydroxylation sites is 1. The molecule has 1 saturated heterocycles. The quantitative estimate of drug-likeness (QED) is 0.745. The second-order valence-corrected chi connectivity index (χ2v) is 7.05. The molecule has 6 heteroatoms. The normalized spacial score (nSPS) is 16.6. The zero-order valence-electron chi connectivity index (χ0n) is 16.3. The number of fused-ring (bicyclic) bond motifs is 1. The SMILES string of the molecule is CNC(=O)c1cc([C@@H]2CN(C(=O)Cc3ccccc3)CCO2)nc2ccccc12. The van der Waals surface area contributed by atoms with Gasteiger partial charge in [0.05, 0.1) is 36.3 Å². The molecule has 0 unspecified atom stereocenters. The minimum atomic E-state index is -0.364. The highest BCUT2D eigenvalue weighted by Crippen LogP contribution is 2.26. The topological polar surface area (TPSA) is 71.5 Å². The molecule has 2 heterocycles. The van der Waals surface area contributed by atoms with E-state index in [0.717, 1.165) is 16.5 Å². The van der Waals surface area contributed by atoms with Crippen molar-refractivity contribution in [2.24, 2.45) is 0 Å². The van der Waals surface area contributed by atoms with Gasteiger partial charge in [0, 0.05) is 19.0 Å². The van der Waals surface area contributed by atoms with Crippen molar-refractivity contribution in [1.29, 1.82) is 0 Å². The number of nitrogens with zero attached hydrogens (tertiary/aromatic N) is 2. The van der Waals surface area contributed by atoms with Crippen LogP contribution in [0.25, 0.3) is 10.9 Å². The van der Waals surface area contributed by atoms with Crippen molar-refractivity contribution < 1.29 is 14.3 Å². The molecule has 0 saturated carbocycles. The van der Waals surface area contributed by atoms with Crippen LogP contribution in [-0.4, -0.2) is 48.4 Å². The summed E-state index contributed by atoms with van der Waals surface area (Å²) in [4.78, 5) is 31.7. The number of aromatic nitrogens is 1. The number of ether oxygens (including phenoxy) is 1. The van der Waals surface area contributed by atoms with Crippen molar-refractivity contribution in [2.75, 3.05) is 26.7 Å². The lowest BCUT2D eigenvalue weighted by atomic mass is 10.0. The molecule has 1 aliphatic heterocycles. The highest BCUT2D eigenvalue weighted by Gasteiger charge is 2.27. The molecule has 1 aliphatic rings. The van der Waals surface area contributed by atoms with Crippen molar-refractivity contribution in [2.45, 2.75) is 12.5 Å². The molecule has 1 N–H and O–H groups in total. The lowest BCUT2D eigenvalue weighted by Crippen LogP contribution is -2.43. The Bertz CT molecular complexity index is 1040. The Kier molecular flexibility index (Phi) is 5.53. The fourth-order valence-corrected chi connectivity index (χ4v) is 3.62.